The first-order valence-corrected chi connectivity index (χ1v) is 26.9. The summed E-state index contributed by atoms with van der Waals surface area (Å²) in [4.78, 5) is 99.8. The van der Waals surface area contributed by atoms with Gasteiger partial charge in [-0.25, -0.2) is 18.7 Å². The molecule has 75 heavy (non-hydrogen) atoms. The number of halogens is 2. The number of hydrogen-bond acceptors (Lipinski definition) is 14. The third kappa shape index (κ3) is 11.5. The normalized spacial score (nSPS) is 22.9. The number of hydrogen-bond donors (Lipinski definition) is 4. The summed E-state index contributed by atoms with van der Waals surface area (Å²) >= 11 is 0. The summed E-state index contributed by atoms with van der Waals surface area (Å²) in [6.45, 7) is 20.1. The van der Waals surface area contributed by atoms with E-state index in [9.17, 15) is 28.8 Å². The van der Waals surface area contributed by atoms with E-state index in [1.807, 2.05) is 38.7 Å². The number of carbonyl (C=O) groups excluding carboxylic acids is 6. The van der Waals surface area contributed by atoms with Gasteiger partial charge in [-0.3, -0.25) is 48.8 Å². The van der Waals surface area contributed by atoms with Crippen molar-refractivity contribution in [1.29, 1.82) is 0 Å². The zero-order valence-electron chi connectivity index (χ0n) is 44.5. The molecule has 5 fully saturated rings. The van der Waals surface area contributed by atoms with Gasteiger partial charge in [0.15, 0.2) is 0 Å². The van der Waals surface area contributed by atoms with Crippen molar-refractivity contribution in [2.45, 2.75) is 123 Å². The van der Waals surface area contributed by atoms with Gasteiger partial charge in [0, 0.05) is 106 Å². The standard InChI is InChI=1S/C55H74F2N12O6/c1-7-53(5,33-54(6,8-2)62-40-11-9-10-37-47(40)50(74)69(49(37)73)41-12-13-45(70)61-48(41)72)51(75)67-26-24-64(25-27-67)23-18-58-43-30-44(60-35-59-43)66-21-16-55(17-22-66)34-68(32-46(71)63-55)42-29-38(56)36(28-39(42)57)31-65-19-14-52(3,4)15-20-65/h9-11,28-30,35,41,62H,7-8,12-27,31-34H2,1-6H3,(H,63,71)(H,58,59,60)(H,61,70,72). The molecule has 18 nitrogen and oxygen atoms in total. The number of carbonyl (C=O) groups is 6. The van der Waals surface area contributed by atoms with Crippen molar-refractivity contribution in [3.05, 3.63) is 71.1 Å². The van der Waals surface area contributed by atoms with Crippen molar-refractivity contribution < 1.29 is 37.5 Å². The monoisotopic (exact) mass is 1040 g/mol. The maximum absolute atomic E-state index is 15.8. The van der Waals surface area contributed by atoms with Crippen LogP contribution in [0.4, 0.5) is 31.8 Å². The van der Waals surface area contributed by atoms with E-state index in [0.29, 0.717) is 108 Å². The van der Waals surface area contributed by atoms with E-state index in [2.05, 4.69) is 59.8 Å². The first kappa shape index (κ1) is 53.5. The van der Waals surface area contributed by atoms with Crippen LogP contribution in [0.2, 0.25) is 0 Å². The molecule has 3 atom stereocenters. The minimum absolute atomic E-state index is 0.0338. The molecule has 6 aliphatic heterocycles. The molecule has 0 bridgehead atoms. The van der Waals surface area contributed by atoms with Crippen LogP contribution in [-0.4, -0.2) is 161 Å². The second kappa shape index (κ2) is 21.4. The highest BCUT2D eigenvalue weighted by Gasteiger charge is 2.48. The van der Waals surface area contributed by atoms with Crippen LogP contribution in [0.5, 0.6) is 0 Å². The summed E-state index contributed by atoms with van der Waals surface area (Å²) in [5.74, 6) is -1.91. The largest absolute Gasteiger partial charge is 0.379 e. The molecule has 404 valence electrons. The fourth-order valence-corrected chi connectivity index (χ4v) is 12.0. The van der Waals surface area contributed by atoms with Crippen LogP contribution < -0.4 is 31.1 Å². The Hall–Kier alpha value is -6.28. The highest BCUT2D eigenvalue weighted by atomic mass is 19.1. The lowest BCUT2D eigenvalue weighted by molar-refractivity contribution is -0.144. The highest BCUT2D eigenvalue weighted by molar-refractivity contribution is 6.25. The van der Waals surface area contributed by atoms with Crippen molar-refractivity contribution in [2.24, 2.45) is 10.8 Å². The van der Waals surface area contributed by atoms with E-state index in [0.717, 1.165) is 43.2 Å². The van der Waals surface area contributed by atoms with Crippen molar-refractivity contribution in [2.75, 3.05) is 99.0 Å². The topological polar surface area (TPSA) is 196 Å². The molecule has 2 aromatic carbocycles. The molecule has 6 amide bonds. The number of nitrogens with zero attached hydrogens (tertiary/aromatic N) is 8. The minimum Gasteiger partial charge on any atom is -0.379 e. The van der Waals surface area contributed by atoms with E-state index >= 15 is 8.78 Å². The Morgan fingerprint density at radius 2 is 1.56 bits per heavy atom. The molecule has 3 unspecified atom stereocenters. The van der Waals surface area contributed by atoms with Gasteiger partial charge in [-0.15, -0.1) is 0 Å². The smallest absolute Gasteiger partial charge is 0.264 e. The Labute approximate surface area is 438 Å². The summed E-state index contributed by atoms with van der Waals surface area (Å²) < 4.78 is 31.3. The number of nitrogens with one attached hydrogen (secondary N) is 4. The number of piperidine rings is 3. The average Bonchev–Trinajstić information content (AvgIpc) is 3.64. The van der Waals surface area contributed by atoms with E-state index in [4.69, 9.17) is 0 Å². The number of piperazine rings is 2. The van der Waals surface area contributed by atoms with Crippen molar-refractivity contribution in [3.63, 3.8) is 0 Å². The van der Waals surface area contributed by atoms with Gasteiger partial charge in [-0.2, -0.15) is 0 Å². The second-order valence-electron chi connectivity index (χ2n) is 23.1. The lowest BCUT2D eigenvalue weighted by Crippen LogP contribution is -2.66. The van der Waals surface area contributed by atoms with Gasteiger partial charge in [0.1, 0.15) is 35.6 Å². The average molecular weight is 1040 g/mol. The van der Waals surface area contributed by atoms with Gasteiger partial charge in [0.25, 0.3) is 11.8 Å². The quantitative estimate of drug-likeness (QED) is 0.133. The zero-order valence-corrected chi connectivity index (χ0v) is 44.5. The van der Waals surface area contributed by atoms with Crippen LogP contribution in [0, 0.1) is 22.5 Å². The number of likely N-dealkylation sites (tertiary alicyclic amines) is 1. The number of amides is 6. The molecular formula is C55H74F2N12O6. The third-order valence-corrected chi connectivity index (χ3v) is 17.1. The number of anilines is 4. The summed E-state index contributed by atoms with van der Waals surface area (Å²) in [6, 6.07) is 8.45. The van der Waals surface area contributed by atoms with Crippen molar-refractivity contribution in [3.8, 4) is 0 Å². The number of fused-ring (bicyclic) bond motifs is 1. The van der Waals surface area contributed by atoms with Crippen LogP contribution in [-0.2, 0) is 25.7 Å². The summed E-state index contributed by atoms with van der Waals surface area (Å²) in [5, 5.41) is 12.5. The van der Waals surface area contributed by atoms with E-state index < -0.39 is 57.8 Å². The Morgan fingerprint density at radius 3 is 2.25 bits per heavy atom. The third-order valence-electron chi connectivity index (χ3n) is 17.1. The van der Waals surface area contributed by atoms with Crippen LogP contribution in [0.25, 0.3) is 0 Å². The molecule has 3 aromatic rings. The first-order chi connectivity index (χ1) is 35.7. The van der Waals surface area contributed by atoms with E-state index in [1.54, 1.807) is 23.1 Å². The van der Waals surface area contributed by atoms with Crippen molar-refractivity contribution >= 4 is 58.5 Å². The molecule has 1 spiro atoms. The molecule has 4 N–H and O–H groups in total. The molecule has 0 saturated carbocycles. The lowest BCUT2D eigenvalue weighted by atomic mass is 9.73. The van der Waals surface area contributed by atoms with Gasteiger partial charge in [-0.1, -0.05) is 40.7 Å². The maximum Gasteiger partial charge on any atom is 0.264 e. The summed E-state index contributed by atoms with van der Waals surface area (Å²) in [6.07, 6.45) is 6.54. The molecule has 1 aromatic heterocycles. The molecular weight excluding hydrogens is 963 g/mol. The number of imide groups is 2. The van der Waals surface area contributed by atoms with E-state index in [-0.39, 0.29) is 53.4 Å². The van der Waals surface area contributed by atoms with Gasteiger partial charge in [0.05, 0.1) is 28.9 Å². The molecule has 7 heterocycles. The molecule has 9 rings (SSSR count). The zero-order chi connectivity index (χ0) is 53.5. The predicted octanol–water partition coefficient (Wildman–Crippen LogP) is 5.40. The van der Waals surface area contributed by atoms with Gasteiger partial charge < -0.3 is 30.7 Å². The Morgan fingerprint density at radius 1 is 0.827 bits per heavy atom. The number of aromatic nitrogens is 2. The summed E-state index contributed by atoms with van der Waals surface area (Å²) in [7, 11) is 0. The Bertz CT molecular complexity index is 2700. The van der Waals surface area contributed by atoms with Gasteiger partial charge >= 0.3 is 0 Å². The molecule has 0 aliphatic carbocycles. The minimum atomic E-state index is -1.07. The SMILES string of the molecule is CCC(C)(CC(C)(CC)C(=O)N1CCN(CCNc2cc(N3CCC4(CC3)CN(c3cc(F)c(CN5CCC(C)(C)CC5)cc3F)CC(=O)N4)ncn2)CC1)Nc1cccc2c1C(=O)N(C1CCC(=O)NC1=O)C2=O. The second-order valence-corrected chi connectivity index (χ2v) is 23.1. The molecule has 0 radical (unpaired) electrons. The molecule has 6 aliphatic rings. The van der Waals surface area contributed by atoms with Gasteiger partial charge in [0.2, 0.25) is 23.6 Å². The summed E-state index contributed by atoms with van der Waals surface area (Å²) in [5.41, 5.74) is -0.422. The predicted molar refractivity (Wildman–Crippen MR) is 281 cm³/mol. The van der Waals surface area contributed by atoms with Crippen LogP contribution in [0.3, 0.4) is 0 Å². The fraction of sp³-hybridized carbons (Fsp3) is 0.600. The lowest BCUT2D eigenvalue weighted by Gasteiger charge is -2.48. The van der Waals surface area contributed by atoms with Gasteiger partial charge in [-0.05, 0) is 95.0 Å². The van der Waals surface area contributed by atoms with Crippen LogP contribution >= 0.6 is 0 Å². The maximum atomic E-state index is 15.8. The Balaban J connectivity index is 0.740. The van der Waals surface area contributed by atoms with Crippen molar-refractivity contribution in [1.82, 2.24) is 40.2 Å². The van der Waals surface area contributed by atoms with Crippen LogP contribution in [0.15, 0.2) is 42.7 Å². The molecule has 5 saturated heterocycles. The van der Waals surface area contributed by atoms with Crippen LogP contribution in [0.1, 0.15) is 126 Å². The number of benzene rings is 2. The Kier molecular flexibility index (Phi) is 15.3. The number of rotatable bonds is 16. The fourth-order valence-electron chi connectivity index (χ4n) is 12.0. The highest BCUT2D eigenvalue weighted by Crippen LogP contribution is 2.41. The first-order valence-electron chi connectivity index (χ1n) is 26.9. The molecule has 20 heteroatoms. The van der Waals surface area contributed by atoms with E-state index in [1.165, 1.54) is 18.5 Å².